The summed E-state index contributed by atoms with van der Waals surface area (Å²) in [6.07, 6.45) is 0.769. The molecule has 90 valence electrons. The van der Waals surface area contributed by atoms with Crippen LogP contribution in [0.5, 0.6) is 0 Å². The Balaban J connectivity index is 2.61. The van der Waals surface area contributed by atoms with Crippen molar-refractivity contribution in [3.05, 3.63) is 23.7 Å². The van der Waals surface area contributed by atoms with Crippen LogP contribution < -0.4 is 5.32 Å². The van der Waals surface area contributed by atoms with Gasteiger partial charge in [-0.05, 0) is 31.4 Å². The first kappa shape index (κ1) is 13.1. The molecule has 0 radical (unpaired) electrons. The molecule has 0 saturated heterocycles. The zero-order chi connectivity index (χ0) is 12.1. The molecule has 1 atom stereocenters. The van der Waals surface area contributed by atoms with Crippen LogP contribution in [0.1, 0.15) is 36.6 Å². The third-order valence-electron chi connectivity index (χ3n) is 2.51. The normalized spacial score (nSPS) is 12.8. The SMILES string of the molecule is Cc1ccc(C(=O)NC(CCCl)C(C)C)o1. The average molecular weight is 244 g/mol. The fourth-order valence-electron chi connectivity index (χ4n) is 1.49. The van der Waals surface area contributed by atoms with E-state index >= 15 is 0 Å². The molecule has 1 aromatic heterocycles. The van der Waals surface area contributed by atoms with Crippen LogP contribution in [0.15, 0.2) is 16.5 Å². The summed E-state index contributed by atoms with van der Waals surface area (Å²) < 4.78 is 5.26. The van der Waals surface area contributed by atoms with Gasteiger partial charge >= 0.3 is 0 Å². The van der Waals surface area contributed by atoms with Crippen molar-refractivity contribution in [3.8, 4) is 0 Å². The highest BCUT2D eigenvalue weighted by Crippen LogP contribution is 2.10. The Bertz CT molecular complexity index is 347. The lowest BCUT2D eigenvalue weighted by atomic mass is 10.0. The van der Waals surface area contributed by atoms with E-state index in [1.807, 2.05) is 6.92 Å². The number of furan rings is 1. The molecular weight excluding hydrogens is 226 g/mol. The van der Waals surface area contributed by atoms with Gasteiger partial charge in [0.15, 0.2) is 5.76 Å². The van der Waals surface area contributed by atoms with Crippen LogP contribution in [-0.4, -0.2) is 17.8 Å². The van der Waals surface area contributed by atoms with Gasteiger partial charge in [0.1, 0.15) is 5.76 Å². The second-order valence-corrected chi connectivity index (χ2v) is 4.59. The maximum Gasteiger partial charge on any atom is 0.287 e. The number of alkyl halides is 1. The summed E-state index contributed by atoms with van der Waals surface area (Å²) in [5.41, 5.74) is 0. The molecule has 0 aliphatic rings. The molecule has 1 amide bonds. The van der Waals surface area contributed by atoms with Crippen molar-refractivity contribution >= 4 is 17.5 Å². The van der Waals surface area contributed by atoms with E-state index in [9.17, 15) is 4.79 Å². The number of rotatable bonds is 5. The number of hydrogen-bond acceptors (Lipinski definition) is 2. The molecule has 0 aliphatic carbocycles. The maximum absolute atomic E-state index is 11.8. The largest absolute Gasteiger partial charge is 0.456 e. The number of amides is 1. The highest BCUT2D eigenvalue weighted by Gasteiger charge is 2.18. The van der Waals surface area contributed by atoms with Crippen molar-refractivity contribution in [2.24, 2.45) is 5.92 Å². The standard InChI is InChI=1S/C12H18ClNO2/c1-8(2)10(6-7-13)14-12(15)11-5-4-9(3)16-11/h4-5,8,10H,6-7H2,1-3H3,(H,14,15). The molecule has 0 bridgehead atoms. The molecule has 4 heteroatoms. The van der Waals surface area contributed by atoms with Gasteiger partial charge < -0.3 is 9.73 Å². The highest BCUT2D eigenvalue weighted by molar-refractivity contribution is 6.17. The molecule has 3 nitrogen and oxygen atoms in total. The predicted molar refractivity (Wildman–Crippen MR) is 64.9 cm³/mol. The monoisotopic (exact) mass is 243 g/mol. The number of carbonyl (C=O) groups excluding carboxylic acids is 1. The van der Waals surface area contributed by atoms with Crippen LogP contribution in [0, 0.1) is 12.8 Å². The Morgan fingerprint density at radius 3 is 2.62 bits per heavy atom. The predicted octanol–water partition coefficient (Wildman–Crippen LogP) is 2.97. The van der Waals surface area contributed by atoms with Crippen LogP contribution in [-0.2, 0) is 0 Å². The molecule has 16 heavy (non-hydrogen) atoms. The first-order chi connectivity index (χ1) is 7.54. The van der Waals surface area contributed by atoms with E-state index in [2.05, 4.69) is 19.2 Å². The fraction of sp³-hybridized carbons (Fsp3) is 0.583. The number of carbonyl (C=O) groups is 1. The zero-order valence-corrected chi connectivity index (χ0v) is 10.7. The average Bonchev–Trinajstić information content (AvgIpc) is 2.64. The Labute approximate surface area is 101 Å². The van der Waals surface area contributed by atoms with Crippen LogP contribution in [0.3, 0.4) is 0 Å². The van der Waals surface area contributed by atoms with Crippen molar-refractivity contribution in [1.82, 2.24) is 5.32 Å². The van der Waals surface area contributed by atoms with Crippen molar-refractivity contribution in [3.63, 3.8) is 0 Å². The Morgan fingerprint density at radius 1 is 1.50 bits per heavy atom. The van der Waals surface area contributed by atoms with Gasteiger partial charge in [0, 0.05) is 11.9 Å². The summed E-state index contributed by atoms with van der Waals surface area (Å²) in [7, 11) is 0. The van der Waals surface area contributed by atoms with Crippen LogP contribution >= 0.6 is 11.6 Å². The lowest BCUT2D eigenvalue weighted by Gasteiger charge is -2.20. The molecule has 1 N–H and O–H groups in total. The van der Waals surface area contributed by atoms with Crippen LogP contribution in [0.4, 0.5) is 0 Å². The van der Waals surface area contributed by atoms with Gasteiger partial charge in [-0.15, -0.1) is 11.6 Å². The van der Waals surface area contributed by atoms with Gasteiger partial charge in [0.05, 0.1) is 0 Å². The minimum absolute atomic E-state index is 0.0930. The summed E-state index contributed by atoms with van der Waals surface area (Å²) in [6, 6.07) is 3.55. The van der Waals surface area contributed by atoms with E-state index < -0.39 is 0 Å². The number of halogens is 1. The Kier molecular flexibility index (Phi) is 4.87. The van der Waals surface area contributed by atoms with Crippen LogP contribution in [0.2, 0.25) is 0 Å². The molecule has 0 spiro atoms. The second kappa shape index (κ2) is 5.94. The smallest absolute Gasteiger partial charge is 0.287 e. The molecule has 1 unspecified atom stereocenters. The van der Waals surface area contributed by atoms with Gasteiger partial charge in [-0.2, -0.15) is 0 Å². The van der Waals surface area contributed by atoms with Crippen LogP contribution in [0.25, 0.3) is 0 Å². The molecule has 0 fully saturated rings. The van der Waals surface area contributed by atoms with E-state index in [1.165, 1.54) is 0 Å². The van der Waals surface area contributed by atoms with Gasteiger partial charge in [0.25, 0.3) is 5.91 Å². The van der Waals surface area contributed by atoms with E-state index in [0.29, 0.717) is 17.6 Å². The summed E-state index contributed by atoms with van der Waals surface area (Å²) >= 11 is 5.70. The van der Waals surface area contributed by atoms with Gasteiger partial charge in [0.2, 0.25) is 0 Å². The first-order valence-electron chi connectivity index (χ1n) is 5.48. The zero-order valence-electron chi connectivity index (χ0n) is 9.92. The number of nitrogens with one attached hydrogen (secondary N) is 1. The van der Waals surface area contributed by atoms with Crippen molar-refractivity contribution in [1.29, 1.82) is 0 Å². The molecule has 0 aromatic carbocycles. The first-order valence-corrected chi connectivity index (χ1v) is 6.01. The fourth-order valence-corrected chi connectivity index (χ4v) is 1.72. The molecule has 1 rings (SSSR count). The summed E-state index contributed by atoms with van der Waals surface area (Å²) in [5, 5.41) is 2.93. The minimum Gasteiger partial charge on any atom is -0.456 e. The molecular formula is C12H18ClNO2. The van der Waals surface area contributed by atoms with Gasteiger partial charge in [-0.1, -0.05) is 13.8 Å². The van der Waals surface area contributed by atoms with E-state index in [-0.39, 0.29) is 11.9 Å². The van der Waals surface area contributed by atoms with Gasteiger partial charge in [-0.25, -0.2) is 0 Å². The van der Waals surface area contributed by atoms with Crippen molar-refractivity contribution < 1.29 is 9.21 Å². The third-order valence-corrected chi connectivity index (χ3v) is 2.72. The lowest BCUT2D eigenvalue weighted by Crippen LogP contribution is -2.38. The Morgan fingerprint density at radius 2 is 2.19 bits per heavy atom. The summed E-state index contributed by atoms with van der Waals surface area (Å²) in [6.45, 7) is 5.94. The Hall–Kier alpha value is -0.960. The quantitative estimate of drug-likeness (QED) is 0.808. The molecule has 0 aliphatic heterocycles. The second-order valence-electron chi connectivity index (χ2n) is 4.21. The lowest BCUT2D eigenvalue weighted by molar-refractivity contribution is 0.0895. The summed E-state index contributed by atoms with van der Waals surface area (Å²) in [5.74, 6) is 1.83. The summed E-state index contributed by atoms with van der Waals surface area (Å²) in [4.78, 5) is 11.8. The topological polar surface area (TPSA) is 42.2 Å². The van der Waals surface area contributed by atoms with E-state index in [4.69, 9.17) is 16.0 Å². The number of aryl methyl sites for hydroxylation is 1. The minimum atomic E-state index is -0.170. The molecule has 1 aromatic rings. The van der Waals surface area contributed by atoms with Gasteiger partial charge in [-0.3, -0.25) is 4.79 Å². The molecule has 1 heterocycles. The van der Waals surface area contributed by atoms with Crippen molar-refractivity contribution in [2.45, 2.75) is 33.2 Å². The third kappa shape index (κ3) is 3.56. The maximum atomic E-state index is 11.8. The van der Waals surface area contributed by atoms with E-state index in [1.54, 1.807) is 12.1 Å². The number of hydrogen-bond donors (Lipinski definition) is 1. The van der Waals surface area contributed by atoms with E-state index in [0.717, 1.165) is 12.2 Å². The highest BCUT2D eigenvalue weighted by atomic mass is 35.5. The van der Waals surface area contributed by atoms with Crippen molar-refractivity contribution in [2.75, 3.05) is 5.88 Å². The molecule has 0 saturated carbocycles.